The van der Waals surface area contributed by atoms with E-state index >= 15 is 0 Å². The molecule has 0 fully saturated rings. The number of carbonyl (C=O) groups excluding carboxylic acids is 1. The maximum Gasteiger partial charge on any atom is 0.196 e. The molecule has 0 atom stereocenters. The van der Waals surface area contributed by atoms with Gasteiger partial charge >= 0.3 is 0 Å². The Labute approximate surface area is 95.5 Å². The summed E-state index contributed by atoms with van der Waals surface area (Å²) in [5, 5.41) is 0. The molecule has 0 aromatic heterocycles. The van der Waals surface area contributed by atoms with Crippen molar-refractivity contribution in [2.24, 2.45) is 0 Å². The molecule has 0 spiro atoms. The molecule has 2 aromatic carbocycles. The third-order valence-electron chi connectivity index (χ3n) is 2.24. The first kappa shape index (κ1) is 11.4. The van der Waals surface area contributed by atoms with Crippen molar-refractivity contribution in [2.45, 2.75) is 0 Å². The summed E-state index contributed by atoms with van der Waals surface area (Å²) in [6, 6.07) is 7.68. The van der Waals surface area contributed by atoms with E-state index in [1.165, 1.54) is 18.2 Å². The zero-order valence-corrected chi connectivity index (χ0v) is 8.58. The van der Waals surface area contributed by atoms with Gasteiger partial charge in [-0.15, -0.1) is 0 Å². The highest BCUT2D eigenvalue weighted by Crippen LogP contribution is 2.15. The largest absolute Gasteiger partial charge is 0.288 e. The Bertz CT molecular complexity index is 558. The molecular formula is C13H7F3O. The van der Waals surface area contributed by atoms with Gasteiger partial charge in [0, 0.05) is 11.6 Å². The van der Waals surface area contributed by atoms with Crippen LogP contribution in [0.3, 0.4) is 0 Å². The number of rotatable bonds is 2. The molecular weight excluding hydrogens is 229 g/mol. The maximum atomic E-state index is 13.3. The number of carbonyl (C=O) groups is 1. The summed E-state index contributed by atoms with van der Waals surface area (Å²) in [7, 11) is 0. The quantitative estimate of drug-likeness (QED) is 0.731. The molecule has 0 radical (unpaired) electrons. The standard InChI is InChI=1S/C13H7F3O/c14-9-5-8(6-10(15)7-9)13(17)11-3-1-2-4-12(11)16/h1-7H. The summed E-state index contributed by atoms with van der Waals surface area (Å²) < 4.78 is 39.2. The lowest BCUT2D eigenvalue weighted by Gasteiger charge is -2.03. The van der Waals surface area contributed by atoms with E-state index in [0.29, 0.717) is 6.07 Å². The lowest BCUT2D eigenvalue weighted by Crippen LogP contribution is -2.05. The van der Waals surface area contributed by atoms with Gasteiger partial charge in [-0.05, 0) is 24.3 Å². The topological polar surface area (TPSA) is 17.1 Å². The first-order valence-corrected chi connectivity index (χ1v) is 4.83. The van der Waals surface area contributed by atoms with Crippen molar-refractivity contribution in [3.63, 3.8) is 0 Å². The highest BCUT2D eigenvalue weighted by molar-refractivity contribution is 6.09. The molecule has 1 nitrogen and oxygen atoms in total. The van der Waals surface area contributed by atoms with Gasteiger partial charge in [0.25, 0.3) is 0 Å². The average molecular weight is 236 g/mol. The third kappa shape index (κ3) is 2.36. The van der Waals surface area contributed by atoms with E-state index < -0.39 is 23.2 Å². The van der Waals surface area contributed by atoms with Gasteiger partial charge in [0.1, 0.15) is 17.5 Å². The van der Waals surface area contributed by atoms with Crippen LogP contribution in [0.5, 0.6) is 0 Å². The van der Waals surface area contributed by atoms with Gasteiger partial charge in [-0.3, -0.25) is 4.79 Å². The van der Waals surface area contributed by atoms with Gasteiger partial charge in [-0.25, -0.2) is 13.2 Å². The Balaban J connectivity index is 2.48. The molecule has 0 saturated heterocycles. The maximum absolute atomic E-state index is 13.3. The lowest BCUT2D eigenvalue weighted by molar-refractivity contribution is 0.103. The van der Waals surface area contributed by atoms with E-state index in [9.17, 15) is 18.0 Å². The second-order valence-corrected chi connectivity index (χ2v) is 3.47. The van der Waals surface area contributed by atoms with Crippen LogP contribution in [0.15, 0.2) is 42.5 Å². The third-order valence-corrected chi connectivity index (χ3v) is 2.24. The predicted molar refractivity (Wildman–Crippen MR) is 56.2 cm³/mol. The molecule has 0 heterocycles. The van der Waals surface area contributed by atoms with Crippen molar-refractivity contribution in [3.8, 4) is 0 Å². The van der Waals surface area contributed by atoms with Crippen molar-refractivity contribution in [1.29, 1.82) is 0 Å². The van der Waals surface area contributed by atoms with Crippen LogP contribution in [0.4, 0.5) is 13.2 Å². The van der Waals surface area contributed by atoms with Gasteiger partial charge in [0.05, 0.1) is 5.56 Å². The summed E-state index contributed by atoms with van der Waals surface area (Å²) in [6.45, 7) is 0. The molecule has 0 aliphatic heterocycles. The molecule has 2 rings (SSSR count). The number of hydrogen-bond acceptors (Lipinski definition) is 1. The minimum Gasteiger partial charge on any atom is -0.288 e. The first-order chi connectivity index (χ1) is 8.08. The molecule has 0 saturated carbocycles. The van der Waals surface area contributed by atoms with Gasteiger partial charge in [-0.2, -0.15) is 0 Å². The van der Waals surface area contributed by atoms with Crippen molar-refractivity contribution < 1.29 is 18.0 Å². The SMILES string of the molecule is O=C(c1cc(F)cc(F)c1)c1ccccc1F. The van der Waals surface area contributed by atoms with Crippen molar-refractivity contribution >= 4 is 5.78 Å². The summed E-state index contributed by atoms with van der Waals surface area (Å²) >= 11 is 0. The molecule has 0 N–H and O–H groups in total. The fourth-order valence-corrected chi connectivity index (χ4v) is 1.49. The molecule has 0 aliphatic carbocycles. The highest BCUT2D eigenvalue weighted by Gasteiger charge is 2.14. The Morgan fingerprint density at radius 2 is 1.47 bits per heavy atom. The number of ketones is 1. The zero-order chi connectivity index (χ0) is 12.4. The van der Waals surface area contributed by atoms with Crippen LogP contribution in [0.2, 0.25) is 0 Å². The van der Waals surface area contributed by atoms with Crippen LogP contribution in [-0.4, -0.2) is 5.78 Å². The van der Waals surface area contributed by atoms with Crippen molar-refractivity contribution in [3.05, 3.63) is 71.0 Å². The zero-order valence-electron chi connectivity index (χ0n) is 8.58. The Hall–Kier alpha value is -2.10. The molecule has 0 amide bonds. The first-order valence-electron chi connectivity index (χ1n) is 4.83. The van der Waals surface area contributed by atoms with Crippen LogP contribution in [0, 0.1) is 17.5 Å². The minimum atomic E-state index is -0.871. The van der Waals surface area contributed by atoms with E-state index in [1.54, 1.807) is 0 Å². The smallest absolute Gasteiger partial charge is 0.196 e. The van der Waals surface area contributed by atoms with Crippen LogP contribution in [0.1, 0.15) is 15.9 Å². The van der Waals surface area contributed by atoms with Crippen LogP contribution < -0.4 is 0 Å². The predicted octanol–water partition coefficient (Wildman–Crippen LogP) is 3.33. The van der Waals surface area contributed by atoms with Crippen LogP contribution in [0.25, 0.3) is 0 Å². The van der Waals surface area contributed by atoms with E-state index in [2.05, 4.69) is 0 Å². The van der Waals surface area contributed by atoms with Gasteiger partial charge in [0.15, 0.2) is 5.78 Å². The molecule has 2 aromatic rings. The van der Waals surface area contributed by atoms with Gasteiger partial charge in [0.2, 0.25) is 0 Å². The van der Waals surface area contributed by atoms with E-state index in [1.807, 2.05) is 0 Å². The normalized spacial score (nSPS) is 10.3. The second-order valence-electron chi connectivity index (χ2n) is 3.47. The molecule has 17 heavy (non-hydrogen) atoms. The summed E-state index contributed by atoms with van der Waals surface area (Å²) in [5.74, 6) is -3.21. The van der Waals surface area contributed by atoms with Crippen molar-refractivity contribution in [2.75, 3.05) is 0 Å². The van der Waals surface area contributed by atoms with Gasteiger partial charge in [-0.1, -0.05) is 12.1 Å². The fourth-order valence-electron chi connectivity index (χ4n) is 1.49. The summed E-state index contributed by atoms with van der Waals surface area (Å²) in [4.78, 5) is 11.8. The van der Waals surface area contributed by atoms with Crippen LogP contribution in [-0.2, 0) is 0 Å². The van der Waals surface area contributed by atoms with Gasteiger partial charge < -0.3 is 0 Å². The molecule has 0 bridgehead atoms. The summed E-state index contributed by atoms with van der Waals surface area (Å²) in [6.07, 6.45) is 0. The molecule has 86 valence electrons. The lowest BCUT2D eigenvalue weighted by atomic mass is 10.0. The number of hydrogen-bond donors (Lipinski definition) is 0. The fraction of sp³-hybridized carbons (Fsp3) is 0. The monoisotopic (exact) mass is 236 g/mol. The Morgan fingerprint density at radius 3 is 2.06 bits per heavy atom. The highest BCUT2D eigenvalue weighted by atomic mass is 19.1. The number of benzene rings is 2. The van der Waals surface area contributed by atoms with Crippen molar-refractivity contribution in [1.82, 2.24) is 0 Å². The van der Waals surface area contributed by atoms with E-state index in [4.69, 9.17) is 0 Å². The molecule has 0 unspecified atom stereocenters. The minimum absolute atomic E-state index is 0.211. The van der Waals surface area contributed by atoms with Crippen LogP contribution >= 0.6 is 0 Å². The Morgan fingerprint density at radius 1 is 0.882 bits per heavy atom. The number of halogens is 3. The Kier molecular flexibility index (Phi) is 2.95. The van der Waals surface area contributed by atoms with E-state index in [0.717, 1.165) is 18.2 Å². The average Bonchev–Trinajstić information content (AvgIpc) is 2.27. The molecule has 0 aliphatic rings. The molecule has 4 heteroatoms. The summed E-state index contributed by atoms with van der Waals surface area (Å²) in [5.41, 5.74) is -0.426. The second kappa shape index (κ2) is 4.41. The van der Waals surface area contributed by atoms with E-state index in [-0.39, 0.29) is 11.1 Å².